The summed E-state index contributed by atoms with van der Waals surface area (Å²) in [5.41, 5.74) is -1.58. The molecule has 0 amide bonds. The second-order valence-corrected chi connectivity index (χ2v) is 9.27. The van der Waals surface area contributed by atoms with E-state index in [4.69, 9.17) is 4.43 Å². The SMILES string of the molecule is CCCCC1(C)C(O[SiH3])(C(O)CCC)C(=O)CC1(C)C(C)(C)C. The van der Waals surface area contributed by atoms with Crippen molar-refractivity contribution in [1.82, 2.24) is 0 Å². The van der Waals surface area contributed by atoms with E-state index in [2.05, 4.69) is 48.5 Å². The van der Waals surface area contributed by atoms with Crippen LogP contribution in [-0.4, -0.2) is 33.1 Å². The van der Waals surface area contributed by atoms with Crippen LogP contribution in [0.4, 0.5) is 0 Å². The summed E-state index contributed by atoms with van der Waals surface area (Å²) in [5.74, 6) is 0.115. The Hall–Kier alpha value is -0.193. The third-order valence-corrected chi connectivity index (χ3v) is 7.65. The van der Waals surface area contributed by atoms with Crippen LogP contribution in [-0.2, 0) is 9.22 Å². The molecule has 0 bridgehead atoms. The third-order valence-electron chi connectivity index (χ3n) is 7.00. The largest absolute Gasteiger partial charge is 0.413 e. The average Bonchev–Trinajstić information content (AvgIpc) is 2.62. The Morgan fingerprint density at radius 3 is 2.22 bits per heavy atom. The Morgan fingerprint density at radius 2 is 1.83 bits per heavy atom. The number of ketones is 1. The van der Waals surface area contributed by atoms with Gasteiger partial charge in [0.05, 0.1) is 6.10 Å². The van der Waals surface area contributed by atoms with Gasteiger partial charge in [0.25, 0.3) is 0 Å². The summed E-state index contributed by atoms with van der Waals surface area (Å²) in [6.45, 7) is 15.3. The maximum atomic E-state index is 13.2. The zero-order chi connectivity index (χ0) is 18.1. The van der Waals surface area contributed by atoms with Crippen LogP contribution in [0, 0.1) is 16.2 Å². The molecule has 0 saturated heterocycles. The fraction of sp³-hybridized carbons (Fsp3) is 0.947. The summed E-state index contributed by atoms with van der Waals surface area (Å²) in [4.78, 5) is 13.2. The fourth-order valence-electron chi connectivity index (χ4n) is 4.96. The predicted molar refractivity (Wildman–Crippen MR) is 99.5 cm³/mol. The summed E-state index contributed by atoms with van der Waals surface area (Å²) in [6, 6.07) is 0. The number of carbonyl (C=O) groups is 1. The van der Waals surface area contributed by atoms with Gasteiger partial charge in [0.2, 0.25) is 0 Å². The zero-order valence-corrected chi connectivity index (χ0v) is 18.6. The Labute approximate surface area is 146 Å². The topological polar surface area (TPSA) is 46.5 Å². The number of aliphatic hydroxyl groups excluding tert-OH is 1. The van der Waals surface area contributed by atoms with Crippen LogP contribution >= 0.6 is 0 Å². The van der Waals surface area contributed by atoms with Crippen molar-refractivity contribution in [3.63, 3.8) is 0 Å². The van der Waals surface area contributed by atoms with Crippen LogP contribution in [0.1, 0.15) is 87.0 Å². The van der Waals surface area contributed by atoms with E-state index in [1.54, 1.807) is 0 Å². The lowest BCUT2D eigenvalue weighted by Crippen LogP contribution is -2.62. The molecule has 3 nitrogen and oxygen atoms in total. The van der Waals surface area contributed by atoms with Gasteiger partial charge >= 0.3 is 0 Å². The van der Waals surface area contributed by atoms with Gasteiger partial charge in [-0.1, -0.05) is 67.7 Å². The van der Waals surface area contributed by atoms with Crippen molar-refractivity contribution in [2.75, 3.05) is 0 Å². The van der Waals surface area contributed by atoms with Gasteiger partial charge in [-0.3, -0.25) is 4.79 Å². The van der Waals surface area contributed by atoms with E-state index in [-0.39, 0.29) is 22.0 Å². The molecule has 23 heavy (non-hydrogen) atoms. The number of aliphatic hydroxyl groups is 1. The van der Waals surface area contributed by atoms with Crippen molar-refractivity contribution in [2.45, 2.75) is 98.7 Å². The highest BCUT2D eigenvalue weighted by atomic mass is 28.2. The lowest BCUT2D eigenvalue weighted by Gasteiger charge is -2.56. The van der Waals surface area contributed by atoms with Crippen molar-refractivity contribution in [3.05, 3.63) is 0 Å². The highest BCUT2D eigenvalue weighted by molar-refractivity contribution is 6.03. The van der Waals surface area contributed by atoms with Crippen molar-refractivity contribution in [2.24, 2.45) is 16.2 Å². The fourth-order valence-corrected chi connectivity index (χ4v) is 5.91. The molecule has 4 atom stereocenters. The molecule has 0 radical (unpaired) electrons. The molecule has 1 N–H and O–H groups in total. The van der Waals surface area contributed by atoms with E-state index in [0.29, 0.717) is 23.3 Å². The number of hydrogen-bond donors (Lipinski definition) is 1. The summed E-state index contributed by atoms with van der Waals surface area (Å²) in [6.07, 6.45) is 4.34. The number of hydrogen-bond acceptors (Lipinski definition) is 3. The predicted octanol–water partition coefficient (Wildman–Crippen LogP) is 3.40. The minimum absolute atomic E-state index is 0.0288. The van der Waals surface area contributed by atoms with E-state index in [0.717, 1.165) is 25.7 Å². The van der Waals surface area contributed by atoms with Crippen molar-refractivity contribution in [3.8, 4) is 0 Å². The average molecular weight is 343 g/mol. The molecule has 4 heteroatoms. The molecule has 0 aromatic carbocycles. The highest BCUT2D eigenvalue weighted by Gasteiger charge is 2.72. The molecule has 1 fully saturated rings. The second-order valence-electron chi connectivity index (χ2n) is 8.86. The Morgan fingerprint density at radius 1 is 1.26 bits per heavy atom. The Kier molecular flexibility index (Phi) is 6.32. The van der Waals surface area contributed by atoms with E-state index >= 15 is 0 Å². The van der Waals surface area contributed by atoms with E-state index < -0.39 is 11.7 Å². The second kappa shape index (κ2) is 6.97. The summed E-state index contributed by atoms with van der Waals surface area (Å²) in [5, 5.41) is 11.0. The maximum Gasteiger partial charge on any atom is 0.167 e. The van der Waals surface area contributed by atoms with Crippen molar-refractivity contribution in [1.29, 1.82) is 0 Å². The third kappa shape index (κ3) is 2.85. The number of unbranched alkanes of at least 4 members (excludes halogenated alkanes) is 1. The smallest absolute Gasteiger partial charge is 0.167 e. The summed E-state index contributed by atoms with van der Waals surface area (Å²) >= 11 is 0. The van der Waals surface area contributed by atoms with Crippen LogP contribution < -0.4 is 0 Å². The summed E-state index contributed by atoms with van der Waals surface area (Å²) < 4.78 is 6.07. The number of carbonyl (C=O) groups excluding carboxylic acids is 1. The van der Waals surface area contributed by atoms with Crippen molar-refractivity contribution < 1.29 is 14.3 Å². The molecule has 0 aromatic rings. The lowest BCUT2D eigenvalue weighted by molar-refractivity contribution is -0.175. The Balaban J connectivity index is 3.56. The maximum absolute atomic E-state index is 13.2. The normalized spacial score (nSPS) is 36.6. The molecule has 1 aliphatic rings. The number of Topliss-reactive ketones (excluding diaryl/α,β-unsaturated/α-hetero) is 1. The monoisotopic (exact) mass is 342 g/mol. The molecular formula is C19H38O3Si. The molecule has 1 saturated carbocycles. The van der Waals surface area contributed by atoms with E-state index in [1.807, 2.05) is 0 Å². The first kappa shape index (κ1) is 20.9. The van der Waals surface area contributed by atoms with Gasteiger partial charge in [0.1, 0.15) is 16.1 Å². The van der Waals surface area contributed by atoms with Gasteiger partial charge in [-0.25, -0.2) is 0 Å². The highest BCUT2D eigenvalue weighted by Crippen LogP contribution is 2.67. The lowest BCUT2D eigenvalue weighted by atomic mass is 9.50. The minimum Gasteiger partial charge on any atom is -0.413 e. The first-order valence-electron chi connectivity index (χ1n) is 9.25. The van der Waals surface area contributed by atoms with Crippen LogP contribution in [0.15, 0.2) is 0 Å². The van der Waals surface area contributed by atoms with Crippen LogP contribution in [0.5, 0.6) is 0 Å². The van der Waals surface area contributed by atoms with Crippen LogP contribution in [0.3, 0.4) is 0 Å². The standard InChI is InChI=1S/C19H38O3Si/c1-8-10-12-17(6)18(7,16(3,4)5)13-15(21)19(17,22-23)14(20)11-9-2/h14,20H,8-13H2,1-7,23H3. The van der Waals surface area contributed by atoms with Gasteiger partial charge in [0, 0.05) is 11.8 Å². The zero-order valence-electron chi connectivity index (χ0n) is 16.6. The van der Waals surface area contributed by atoms with Gasteiger partial charge in [-0.2, -0.15) is 0 Å². The summed E-state index contributed by atoms with van der Waals surface area (Å²) in [7, 11) is 0.464. The first-order valence-corrected chi connectivity index (χ1v) is 10.1. The molecule has 4 unspecified atom stereocenters. The van der Waals surface area contributed by atoms with Gasteiger partial charge in [-0.15, -0.1) is 0 Å². The number of rotatable bonds is 7. The van der Waals surface area contributed by atoms with Crippen molar-refractivity contribution >= 4 is 16.3 Å². The molecule has 0 spiro atoms. The Bertz CT molecular complexity index is 431. The molecule has 1 rings (SSSR count). The molecule has 0 aliphatic heterocycles. The van der Waals surface area contributed by atoms with Gasteiger partial charge in [0.15, 0.2) is 5.78 Å². The molecule has 0 aromatic heterocycles. The van der Waals surface area contributed by atoms with Crippen LogP contribution in [0.25, 0.3) is 0 Å². The minimum atomic E-state index is -1.02. The first-order chi connectivity index (χ1) is 10.5. The quantitative estimate of drug-likeness (QED) is 0.721. The van der Waals surface area contributed by atoms with E-state index in [1.165, 1.54) is 0 Å². The van der Waals surface area contributed by atoms with E-state index in [9.17, 15) is 9.90 Å². The molecule has 0 heterocycles. The van der Waals surface area contributed by atoms with Crippen LogP contribution in [0.2, 0.25) is 0 Å². The molecular weight excluding hydrogens is 304 g/mol. The molecule has 1 aliphatic carbocycles. The van der Waals surface area contributed by atoms with Gasteiger partial charge < -0.3 is 9.53 Å². The molecule has 136 valence electrons. The van der Waals surface area contributed by atoms with Gasteiger partial charge in [-0.05, 0) is 23.7 Å².